The van der Waals surface area contributed by atoms with E-state index in [1.807, 2.05) is 46.7 Å². The normalized spacial score (nSPS) is 13.1. The Bertz CT molecular complexity index is 1150. The molecular weight excluding hydrogens is 360 g/mol. The molecule has 0 aliphatic rings. The highest BCUT2D eigenvalue weighted by molar-refractivity contribution is 7.89. The van der Waals surface area contributed by atoms with Gasteiger partial charge in [-0.1, -0.05) is 36.4 Å². The Balaban J connectivity index is 1.69. The molecule has 7 heteroatoms. The number of nitrogens with zero attached hydrogens (tertiary/aromatic N) is 3. The number of aromatic nitrogens is 3. The van der Waals surface area contributed by atoms with Crippen LogP contribution in [0.2, 0.25) is 0 Å². The molecule has 0 fully saturated rings. The fourth-order valence-electron chi connectivity index (χ4n) is 3.25. The van der Waals surface area contributed by atoms with Crippen molar-refractivity contribution in [1.82, 2.24) is 18.8 Å². The molecule has 6 nitrogen and oxygen atoms in total. The Morgan fingerprint density at radius 1 is 1.07 bits per heavy atom. The second-order valence-electron chi connectivity index (χ2n) is 6.42. The third-order valence-electron chi connectivity index (χ3n) is 4.53. The van der Waals surface area contributed by atoms with Crippen LogP contribution in [-0.2, 0) is 16.6 Å². The molecule has 0 aliphatic heterocycles. The molecule has 1 unspecified atom stereocenters. The minimum absolute atomic E-state index is 0.256. The number of imidazole rings is 1. The van der Waals surface area contributed by atoms with Gasteiger partial charge in [-0.2, -0.15) is 4.72 Å². The van der Waals surface area contributed by atoms with Gasteiger partial charge in [0.05, 0.1) is 23.9 Å². The topological polar surface area (TPSA) is 68.9 Å². The standard InChI is InChI=1S/C20H20N4O2S/c1-16(22-27(25,26)18-7-3-2-4-8-18)24-14-17(13-23-12-11-21-15-23)19-9-5-6-10-20(19)24/h2-12,14-16,22H,13H2,1H3. The third kappa shape index (κ3) is 3.51. The summed E-state index contributed by atoms with van der Waals surface area (Å²) in [6.07, 6.45) is 7.00. The van der Waals surface area contributed by atoms with E-state index in [2.05, 4.69) is 15.8 Å². The van der Waals surface area contributed by atoms with Crippen molar-refractivity contribution in [1.29, 1.82) is 0 Å². The van der Waals surface area contributed by atoms with Crippen molar-refractivity contribution in [3.05, 3.63) is 85.1 Å². The van der Waals surface area contributed by atoms with Crippen LogP contribution in [0.1, 0.15) is 18.7 Å². The maximum atomic E-state index is 12.7. The van der Waals surface area contributed by atoms with Crippen molar-refractivity contribution in [2.24, 2.45) is 0 Å². The highest BCUT2D eigenvalue weighted by Crippen LogP contribution is 2.25. The molecule has 0 saturated carbocycles. The average molecular weight is 380 g/mol. The molecule has 2 heterocycles. The lowest BCUT2D eigenvalue weighted by Gasteiger charge is -2.17. The lowest BCUT2D eigenvalue weighted by atomic mass is 10.2. The van der Waals surface area contributed by atoms with Crippen LogP contribution in [0.4, 0.5) is 0 Å². The number of hydrogen-bond acceptors (Lipinski definition) is 3. The van der Waals surface area contributed by atoms with Crippen LogP contribution >= 0.6 is 0 Å². The molecule has 0 saturated heterocycles. The number of fused-ring (bicyclic) bond motifs is 1. The van der Waals surface area contributed by atoms with E-state index in [-0.39, 0.29) is 4.90 Å². The molecule has 2 aromatic heterocycles. The van der Waals surface area contributed by atoms with Crippen LogP contribution in [0.5, 0.6) is 0 Å². The first-order chi connectivity index (χ1) is 13.0. The SMILES string of the molecule is CC(NS(=O)(=O)c1ccccc1)n1cc(Cn2ccnc2)c2ccccc21. The van der Waals surface area contributed by atoms with E-state index in [9.17, 15) is 8.42 Å². The second-order valence-corrected chi connectivity index (χ2v) is 8.14. The van der Waals surface area contributed by atoms with E-state index in [1.165, 1.54) is 0 Å². The summed E-state index contributed by atoms with van der Waals surface area (Å²) >= 11 is 0. The van der Waals surface area contributed by atoms with E-state index in [1.54, 1.807) is 42.9 Å². The van der Waals surface area contributed by atoms with Crippen molar-refractivity contribution in [3.8, 4) is 0 Å². The molecule has 27 heavy (non-hydrogen) atoms. The summed E-state index contributed by atoms with van der Waals surface area (Å²) in [5, 5.41) is 1.09. The van der Waals surface area contributed by atoms with Crippen molar-refractivity contribution in [2.75, 3.05) is 0 Å². The van der Waals surface area contributed by atoms with Crippen LogP contribution in [0.3, 0.4) is 0 Å². The predicted molar refractivity (Wildman–Crippen MR) is 105 cm³/mol. The van der Waals surface area contributed by atoms with E-state index in [0.717, 1.165) is 16.5 Å². The Morgan fingerprint density at radius 2 is 1.81 bits per heavy atom. The zero-order chi connectivity index (χ0) is 18.9. The van der Waals surface area contributed by atoms with Crippen molar-refractivity contribution < 1.29 is 8.42 Å². The zero-order valence-electron chi connectivity index (χ0n) is 14.9. The van der Waals surface area contributed by atoms with E-state index >= 15 is 0 Å². The first-order valence-corrected chi connectivity index (χ1v) is 10.1. The summed E-state index contributed by atoms with van der Waals surface area (Å²) in [6, 6.07) is 16.4. The summed E-state index contributed by atoms with van der Waals surface area (Å²) in [4.78, 5) is 4.34. The van der Waals surface area contributed by atoms with Gasteiger partial charge < -0.3 is 9.13 Å². The van der Waals surface area contributed by atoms with Gasteiger partial charge in [0.1, 0.15) is 0 Å². The fourth-order valence-corrected chi connectivity index (χ4v) is 4.46. The van der Waals surface area contributed by atoms with Gasteiger partial charge in [0.2, 0.25) is 10.0 Å². The average Bonchev–Trinajstić information content (AvgIpc) is 3.31. The lowest BCUT2D eigenvalue weighted by molar-refractivity contribution is 0.505. The monoisotopic (exact) mass is 380 g/mol. The molecule has 1 atom stereocenters. The molecule has 0 bridgehead atoms. The molecule has 4 rings (SSSR count). The molecule has 0 aliphatic carbocycles. The van der Waals surface area contributed by atoms with Crippen molar-refractivity contribution in [3.63, 3.8) is 0 Å². The zero-order valence-corrected chi connectivity index (χ0v) is 15.7. The van der Waals surface area contributed by atoms with Crippen LogP contribution in [0.25, 0.3) is 10.9 Å². The van der Waals surface area contributed by atoms with Gasteiger partial charge >= 0.3 is 0 Å². The smallest absolute Gasteiger partial charge is 0.242 e. The second kappa shape index (κ2) is 7.02. The highest BCUT2D eigenvalue weighted by atomic mass is 32.2. The van der Waals surface area contributed by atoms with Gasteiger partial charge in [-0.3, -0.25) is 0 Å². The van der Waals surface area contributed by atoms with Crippen LogP contribution in [0.15, 0.2) is 84.4 Å². The number of benzene rings is 2. The van der Waals surface area contributed by atoms with Gasteiger partial charge in [0.25, 0.3) is 0 Å². The van der Waals surface area contributed by atoms with Gasteiger partial charge in [-0.15, -0.1) is 0 Å². The van der Waals surface area contributed by atoms with Crippen molar-refractivity contribution in [2.45, 2.75) is 24.5 Å². The molecular formula is C20H20N4O2S. The number of nitrogens with one attached hydrogen (secondary N) is 1. The van der Waals surface area contributed by atoms with E-state index in [0.29, 0.717) is 6.54 Å². The predicted octanol–water partition coefficient (Wildman–Crippen LogP) is 3.38. The van der Waals surface area contributed by atoms with Crippen LogP contribution in [0, 0.1) is 0 Å². The molecule has 2 aromatic carbocycles. The van der Waals surface area contributed by atoms with Gasteiger partial charge in [0, 0.05) is 29.5 Å². The summed E-state index contributed by atoms with van der Waals surface area (Å²) in [7, 11) is -3.60. The molecule has 4 aromatic rings. The van der Waals surface area contributed by atoms with Gasteiger partial charge in [-0.05, 0) is 30.7 Å². The Hall–Kier alpha value is -2.90. The van der Waals surface area contributed by atoms with Crippen molar-refractivity contribution >= 4 is 20.9 Å². The quantitative estimate of drug-likeness (QED) is 0.557. The number of hydrogen-bond donors (Lipinski definition) is 1. The Kier molecular flexibility index (Phi) is 4.55. The number of sulfonamides is 1. The van der Waals surface area contributed by atoms with E-state index < -0.39 is 16.2 Å². The summed E-state index contributed by atoms with van der Waals surface area (Å²) in [5.74, 6) is 0. The third-order valence-corrected chi connectivity index (χ3v) is 6.08. The molecule has 1 N–H and O–H groups in total. The molecule has 0 spiro atoms. The highest BCUT2D eigenvalue weighted by Gasteiger charge is 2.20. The minimum Gasteiger partial charge on any atom is -0.333 e. The molecule has 0 amide bonds. The Morgan fingerprint density at radius 3 is 2.56 bits per heavy atom. The van der Waals surface area contributed by atoms with Crippen LogP contribution < -0.4 is 4.72 Å². The molecule has 138 valence electrons. The summed E-state index contributed by atoms with van der Waals surface area (Å²) in [5.41, 5.74) is 2.09. The Labute approximate surface area is 158 Å². The number of rotatable bonds is 6. The van der Waals surface area contributed by atoms with Crippen LogP contribution in [-0.4, -0.2) is 22.5 Å². The van der Waals surface area contributed by atoms with E-state index in [4.69, 9.17) is 0 Å². The first-order valence-electron chi connectivity index (χ1n) is 8.66. The fraction of sp³-hybridized carbons (Fsp3) is 0.150. The van der Waals surface area contributed by atoms with Gasteiger partial charge in [0.15, 0.2) is 0 Å². The van der Waals surface area contributed by atoms with Gasteiger partial charge in [-0.25, -0.2) is 13.4 Å². The summed E-state index contributed by atoms with van der Waals surface area (Å²) in [6.45, 7) is 2.51. The minimum atomic E-state index is -3.60. The summed E-state index contributed by atoms with van der Waals surface area (Å²) < 4.78 is 32.1. The first kappa shape index (κ1) is 17.5. The maximum absolute atomic E-state index is 12.7. The number of para-hydroxylation sites is 1. The maximum Gasteiger partial charge on any atom is 0.242 e. The largest absolute Gasteiger partial charge is 0.333 e. The molecule has 0 radical (unpaired) electrons. The lowest BCUT2D eigenvalue weighted by Crippen LogP contribution is -2.30.